The van der Waals surface area contributed by atoms with E-state index in [1.807, 2.05) is 20.8 Å². The molecule has 1 aromatic heterocycles. The normalized spacial score (nSPS) is 11.1. The Labute approximate surface area is 143 Å². The van der Waals surface area contributed by atoms with Gasteiger partial charge in [-0.15, -0.1) is 4.73 Å². The van der Waals surface area contributed by atoms with Crippen LogP contribution in [-0.4, -0.2) is 29.9 Å². The van der Waals surface area contributed by atoms with Crippen molar-refractivity contribution in [3.8, 4) is 11.5 Å². The number of rotatable bonds is 4. The summed E-state index contributed by atoms with van der Waals surface area (Å²) < 4.78 is 11.1. The monoisotopic (exact) mass is 348 g/mol. The summed E-state index contributed by atoms with van der Waals surface area (Å²) in [6, 6.07) is 4.22. The molecular weight excluding hydrogens is 328 g/mol. The number of methoxy groups -OCH3 is 2. The van der Waals surface area contributed by atoms with E-state index in [9.17, 15) is 14.4 Å². The average molecular weight is 348 g/mol. The lowest BCUT2D eigenvalue weighted by atomic mass is 9.85. The first-order valence-electron chi connectivity index (χ1n) is 7.48. The molecule has 0 fully saturated rings. The lowest BCUT2D eigenvalue weighted by Crippen LogP contribution is -2.31. The summed E-state index contributed by atoms with van der Waals surface area (Å²) >= 11 is 0. The van der Waals surface area contributed by atoms with Crippen LogP contribution in [0.5, 0.6) is 11.5 Å². The second-order valence-electron chi connectivity index (χ2n) is 6.32. The molecule has 25 heavy (non-hydrogen) atoms. The standard InChI is InChI=1S/C17H20N2O6/c1-17(2,3)11-8-10(15(21)24-5)9-12(14(11)23-4)25-19-7-6-13(20)18-16(19)22/h6-9H,1-5H3,(H,18,20,22). The minimum Gasteiger partial charge on any atom is -0.492 e. The van der Waals surface area contributed by atoms with Gasteiger partial charge < -0.3 is 14.3 Å². The van der Waals surface area contributed by atoms with Gasteiger partial charge in [0.15, 0.2) is 11.5 Å². The number of nitrogens with zero attached hydrogens (tertiary/aromatic N) is 1. The molecular formula is C17H20N2O6. The third kappa shape index (κ3) is 3.90. The zero-order valence-corrected chi connectivity index (χ0v) is 14.7. The van der Waals surface area contributed by atoms with Gasteiger partial charge in [0.1, 0.15) is 0 Å². The molecule has 8 nitrogen and oxygen atoms in total. The number of ether oxygens (including phenoxy) is 2. The molecule has 0 atom stereocenters. The van der Waals surface area contributed by atoms with Gasteiger partial charge in [0, 0.05) is 17.7 Å². The first-order chi connectivity index (χ1) is 11.7. The first kappa shape index (κ1) is 18.3. The quantitative estimate of drug-likeness (QED) is 0.840. The Morgan fingerprint density at radius 2 is 1.84 bits per heavy atom. The predicted molar refractivity (Wildman–Crippen MR) is 90.4 cm³/mol. The van der Waals surface area contributed by atoms with Crippen LogP contribution in [0.15, 0.2) is 34.0 Å². The topological polar surface area (TPSA) is 99.6 Å². The molecule has 0 unspecified atom stereocenters. The first-order valence-corrected chi connectivity index (χ1v) is 7.48. The molecule has 0 saturated carbocycles. The van der Waals surface area contributed by atoms with Crippen molar-refractivity contribution < 1.29 is 19.1 Å². The molecule has 2 aromatic rings. The van der Waals surface area contributed by atoms with Crippen molar-refractivity contribution in [3.63, 3.8) is 0 Å². The van der Waals surface area contributed by atoms with Crippen molar-refractivity contribution in [2.75, 3.05) is 14.2 Å². The van der Waals surface area contributed by atoms with E-state index in [1.165, 1.54) is 26.5 Å². The number of aromatic nitrogens is 2. The SMILES string of the molecule is COC(=O)c1cc(On2ccc(=O)[nH]c2=O)c(OC)c(C(C)(C)C)c1. The van der Waals surface area contributed by atoms with Gasteiger partial charge in [0.25, 0.3) is 5.56 Å². The molecule has 1 aromatic carbocycles. The molecule has 0 aliphatic carbocycles. The van der Waals surface area contributed by atoms with Crippen LogP contribution in [0.1, 0.15) is 36.7 Å². The van der Waals surface area contributed by atoms with Gasteiger partial charge in [-0.2, -0.15) is 0 Å². The third-order valence-corrected chi connectivity index (χ3v) is 3.48. The molecule has 134 valence electrons. The molecule has 0 aliphatic rings. The Kier molecular flexibility index (Phi) is 5.01. The van der Waals surface area contributed by atoms with Gasteiger partial charge in [-0.3, -0.25) is 9.78 Å². The van der Waals surface area contributed by atoms with E-state index >= 15 is 0 Å². The van der Waals surface area contributed by atoms with Crippen LogP contribution in [0.25, 0.3) is 0 Å². The number of benzene rings is 1. The van der Waals surface area contributed by atoms with Crippen LogP contribution in [0.3, 0.4) is 0 Å². The fourth-order valence-electron chi connectivity index (χ4n) is 2.26. The van der Waals surface area contributed by atoms with E-state index in [0.717, 1.165) is 10.8 Å². The van der Waals surface area contributed by atoms with Gasteiger partial charge in [-0.05, 0) is 11.5 Å². The zero-order chi connectivity index (χ0) is 18.8. The minimum absolute atomic E-state index is 0.143. The highest BCUT2D eigenvalue weighted by Crippen LogP contribution is 2.39. The van der Waals surface area contributed by atoms with Crippen LogP contribution in [0.4, 0.5) is 0 Å². The van der Waals surface area contributed by atoms with E-state index in [2.05, 4.69) is 4.98 Å². The lowest BCUT2D eigenvalue weighted by Gasteiger charge is -2.24. The highest BCUT2D eigenvalue weighted by molar-refractivity contribution is 5.90. The second kappa shape index (κ2) is 6.84. The second-order valence-corrected chi connectivity index (χ2v) is 6.32. The number of carbonyl (C=O) groups excluding carboxylic acids is 1. The molecule has 0 saturated heterocycles. The summed E-state index contributed by atoms with van der Waals surface area (Å²) in [7, 11) is 2.74. The molecule has 0 aliphatic heterocycles. The van der Waals surface area contributed by atoms with E-state index in [1.54, 1.807) is 6.07 Å². The number of carbonyl (C=O) groups is 1. The summed E-state index contributed by atoms with van der Waals surface area (Å²) in [5.74, 6) is -0.0328. The molecule has 8 heteroatoms. The van der Waals surface area contributed by atoms with Crippen molar-refractivity contribution >= 4 is 5.97 Å². The van der Waals surface area contributed by atoms with Gasteiger partial charge in [0.2, 0.25) is 0 Å². The highest BCUT2D eigenvalue weighted by atomic mass is 16.7. The maximum absolute atomic E-state index is 12.0. The predicted octanol–water partition coefficient (Wildman–Crippen LogP) is 1.47. The van der Waals surface area contributed by atoms with E-state index in [4.69, 9.17) is 14.3 Å². The van der Waals surface area contributed by atoms with Crippen LogP contribution in [-0.2, 0) is 10.2 Å². The molecule has 0 amide bonds. The van der Waals surface area contributed by atoms with E-state index in [-0.39, 0.29) is 16.7 Å². The average Bonchev–Trinajstić information content (AvgIpc) is 2.55. The Bertz CT molecular complexity index is 905. The number of esters is 1. The molecule has 1 heterocycles. The number of hydrogen-bond acceptors (Lipinski definition) is 6. The maximum atomic E-state index is 12.0. The summed E-state index contributed by atoms with van der Waals surface area (Å²) in [5.41, 5.74) is -0.722. The van der Waals surface area contributed by atoms with Crippen LogP contribution < -0.4 is 20.8 Å². The van der Waals surface area contributed by atoms with Crippen molar-refractivity contribution in [2.24, 2.45) is 0 Å². The smallest absolute Gasteiger partial charge is 0.361 e. The van der Waals surface area contributed by atoms with Crippen LogP contribution in [0, 0.1) is 0 Å². The highest BCUT2D eigenvalue weighted by Gasteiger charge is 2.26. The van der Waals surface area contributed by atoms with Crippen molar-refractivity contribution in [1.82, 2.24) is 9.71 Å². The minimum atomic E-state index is -0.754. The number of hydrogen-bond donors (Lipinski definition) is 1. The van der Waals surface area contributed by atoms with Crippen molar-refractivity contribution in [1.29, 1.82) is 0 Å². The van der Waals surface area contributed by atoms with E-state index in [0.29, 0.717) is 11.3 Å². The van der Waals surface area contributed by atoms with Crippen molar-refractivity contribution in [3.05, 3.63) is 56.4 Å². The van der Waals surface area contributed by atoms with Gasteiger partial charge in [-0.1, -0.05) is 20.8 Å². The maximum Gasteiger partial charge on any atom is 0.361 e. The summed E-state index contributed by atoms with van der Waals surface area (Å²) in [6.07, 6.45) is 1.18. The Morgan fingerprint density at radius 1 is 1.16 bits per heavy atom. The Morgan fingerprint density at radius 3 is 2.36 bits per heavy atom. The third-order valence-electron chi connectivity index (χ3n) is 3.48. The van der Waals surface area contributed by atoms with Gasteiger partial charge in [-0.25, -0.2) is 9.59 Å². The molecule has 0 spiro atoms. The van der Waals surface area contributed by atoms with Gasteiger partial charge >= 0.3 is 11.7 Å². The molecule has 2 rings (SSSR count). The lowest BCUT2D eigenvalue weighted by molar-refractivity contribution is 0.0599. The summed E-state index contributed by atoms with van der Waals surface area (Å²) in [5, 5.41) is 0. The molecule has 1 N–H and O–H groups in total. The summed E-state index contributed by atoms with van der Waals surface area (Å²) in [6.45, 7) is 5.84. The summed E-state index contributed by atoms with van der Waals surface area (Å²) in [4.78, 5) is 42.6. The van der Waals surface area contributed by atoms with Crippen molar-refractivity contribution in [2.45, 2.75) is 26.2 Å². The number of H-pyrrole nitrogens is 1. The molecule has 0 bridgehead atoms. The largest absolute Gasteiger partial charge is 0.492 e. The Balaban J connectivity index is 2.67. The molecule has 0 radical (unpaired) electrons. The zero-order valence-electron chi connectivity index (χ0n) is 14.7. The number of aromatic amines is 1. The Hall–Kier alpha value is -3.03. The van der Waals surface area contributed by atoms with E-state index < -0.39 is 17.2 Å². The van der Waals surface area contributed by atoms with Crippen LogP contribution >= 0.6 is 0 Å². The van der Waals surface area contributed by atoms with Gasteiger partial charge in [0.05, 0.1) is 26.0 Å². The fraction of sp³-hybridized carbons (Fsp3) is 0.353. The number of nitrogens with one attached hydrogen (secondary N) is 1. The fourth-order valence-corrected chi connectivity index (χ4v) is 2.26. The van der Waals surface area contributed by atoms with Crippen LogP contribution in [0.2, 0.25) is 0 Å².